The van der Waals surface area contributed by atoms with E-state index in [0.717, 1.165) is 12.0 Å². The Hall–Kier alpha value is 0.0899. The summed E-state index contributed by atoms with van der Waals surface area (Å²) >= 11 is 0. The molecule has 1 rings (SSSR count). The van der Waals surface area contributed by atoms with Crippen LogP contribution in [0.3, 0.4) is 0 Å². The Morgan fingerprint density at radius 1 is 1.50 bits per heavy atom. The first kappa shape index (κ1) is 6.21. The molecule has 2 radical (unpaired) electrons. The Kier molecular flexibility index (Phi) is 2.47. The van der Waals surface area contributed by atoms with Crippen LogP contribution in [0.4, 0.5) is 0 Å². The average Bonchev–Trinajstić information content (AvgIpc) is 1.63. The highest BCUT2D eigenvalue weighted by molar-refractivity contribution is 6.55. The lowest BCUT2D eigenvalue weighted by Gasteiger charge is -2.23. The summed E-state index contributed by atoms with van der Waals surface area (Å²) in [5.74, 6) is 0.898. The maximum Gasteiger partial charge on any atom is 0.193 e. The van der Waals surface area contributed by atoms with E-state index in [1.165, 1.54) is 19.3 Å². The van der Waals surface area contributed by atoms with Gasteiger partial charge in [0.05, 0.1) is 0 Å². The van der Waals surface area contributed by atoms with Crippen LogP contribution in [0.5, 0.6) is 0 Å². The van der Waals surface area contributed by atoms with E-state index in [2.05, 4.69) is 7.28 Å². The lowest BCUT2D eigenvalue weighted by Crippen LogP contribution is -2.16. The summed E-state index contributed by atoms with van der Waals surface area (Å²) in [7, 11) is 4.03. The molecule has 2 N–H and O–H groups in total. The summed E-state index contributed by atoms with van der Waals surface area (Å²) < 4.78 is 0. The third-order valence-electron chi connectivity index (χ3n) is 1.76. The third-order valence-corrected chi connectivity index (χ3v) is 1.76. The molecule has 8 heavy (non-hydrogen) atoms. The first-order valence-corrected chi connectivity index (χ1v) is 3.30. The summed E-state index contributed by atoms with van der Waals surface area (Å²) in [4.78, 5) is 0. The highest BCUT2D eigenvalue weighted by atomic mass is 14.3. The number of hydrogen-bond acceptors (Lipinski definition) is 1. The molecular weight excluding hydrogens is 95.7 g/mol. The van der Waals surface area contributed by atoms with Gasteiger partial charge in [0.15, 0.2) is 7.41 Å². The highest BCUT2D eigenvalue weighted by Crippen LogP contribution is 2.31. The molecule has 0 saturated heterocycles. The zero-order chi connectivity index (χ0) is 5.82. The minimum absolute atomic E-state index is 0.898. The van der Waals surface area contributed by atoms with E-state index in [9.17, 15) is 0 Å². The van der Waals surface area contributed by atoms with Crippen molar-refractivity contribution in [1.29, 1.82) is 0 Å². The van der Waals surface area contributed by atoms with Crippen LogP contribution in [0.2, 0.25) is 12.0 Å². The summed E-state index contributed by atoms with van der Waals surface area (Å²) in [5, 5.41) is 0. The molecule has 0 amide bonds. The molecule has 1 aliphatic rings. The molecule has 0 unspecified atom stereocenters. The predicted octanol–water partition coefficient (Wildman–Crippen LogP) is 0.617. The normalized spacial score (nSPS) is 19.6. The third kappa shape index (κ3) is 1.55. The molecule has 0 bridgehead atoms. The van der Waals surface area contributed by atoms with Crippen LogP contribution in [0.1, 0.15) is 19.3 Å². The van der Waals surface area contributed by atoms with Crippen LogP contribution < -0.4 is 5.64 Å². The Balaban J connectivity index is 1.86. The molecule has 0 spiro atoms. The van der Waals surface area contributed by atoms with Crippen LogP contribution in [0, 0.1) is 0 Å². The van der Waals surface area contributed by atoms with Crippen molar-refractivity contribution in [3.63, 3.8) is 0 Å². The van der Waals surface area contributed by atoms with Crippen molar-refractivity contribution in [2.24, 2.45) is 5.64 Å². The van der Waals surface area contributed by atoms with Gasteiger partial charge in [-0.2, -0.15) is 0 Å². The summed E-state index contributed by atoms with van der Waals surface area (Å²) in [6, 6.07) is 0. The Bertz CT molecular complexity index is 63.4. The van der Waals surface area contributed by atoms with Crippen LogP contribution in [0.15, 0.2) is 0 Å². The van der Waals surface area contributed by atoms with Crippen molar-refractivity contribution < 1.29 is 0 Å². The fourth-order valence-electron chi connectivity index (χ4n) is 0.947. The molecule has 0 aromatic heterocycles. The predicted molar refractivity (Wildman–Crippen MR) is 38.1 cm³/mol. The van der Waals surface area contributed by atoms with Gasteiger partial charge in [0.1, 0.15) is 7.28 Å². The molecule has 0 atom stereocenters. The number of rotatable bonds is 3. The van der Waals surface area contributed by atoms with Gasteiger partial charge >= 0.3 is 0 Å². The second-order valence-electron chi connectivity index (χ2n) is 2.40. The van der Waals surface area contributed by atoms with Gasteiger partial charge < -0.3 is 5.64 Å². The van der Waals surface area contributed by atoms with Crippen molar-refractivity contribution >= 4 is 14.7 Å². The number of nitrogens with two attached hydrogens (primary N) is 1. The van der Waals surface area contributed by atoms with Gasteiger partial charge in [-0.3, -0.25) is 0 Å². The monoisotopic (exact) mass is 107 g/mol. The van der Waals surface area contributed by atoms with E-state index in [1.807, 2.05) is 0 Å². The minimum Gasteiger partial charge on any atom is -0.375 e. The van der Waals surface area contributed by atoms with E-state index in [0.29, 0.717) is 0 Å². The van der Waals surface area contributed by atoms with E-state index >= 15 is 0 Å². The fourth-order valence-corrected chi connectivity index (χ4v) is 0.947. The molecular formula is C5H11B2N. The maximum absolute atomic E-state index is 5.20. The van der Waals surface area contributed by atoms with Crippen LogP contribution in [-0.2, 0) is 0 Å². The van der Waals surface area contributed by atoms with Crippen molar-refractivity contribution in [2.75, 3.05) is 0 Å². The molecule has 3 heteroatoms. The molecule has 1 nitrogen and oxygen atoms in total. The molecule has 1 aliphatic carbocycles. The van der Waals surface area contributed by atoms with Crippen LogP contribution in [0.25, 0.3) is 0 Å². The van der Waals surface area contributed by atoms with Gasteiger partial charge in [-0.25, -0.2) is 0 Å². The van der Waals surface area contributed by atoms with Gasteiger partial charge in [0, 0.05) is 0 Å². The van der Waals surface area contributed by atoms with Gasteiger partial charge in [-0.05, 0) is 0 Å². The van der Waals surface area contributed by atoms with Crippen molar-refractivity contribution in [1.82, 2.24) is 0 Å². The van der Waals surface area contributed by atoms with Crippen molar-refractivity contribution in [3.8, 4) is 0 Å². The van der Waals surface area contributed by atoms with Gasteiger partial charge in [-0.1, -0.05) is 31.3 Å². The Labute approximate surface area is 52.5 Å². The second kappa shape index (κ2) is 3.18. The zero-order valence-electron chi connectivity index (χ0n) is 5.14. The standard InChI is InChI=1S/C5H11B2N/c8-7-4-6-5-2-1-3-5/h5H,1-4,8H2. The molecule has 0 heterocycles. The molecule has 0 aromatic carbocycles. The molecule has 42 valence electrons. The van der Waals surface area contributed by atoms with Crippen molar-refractivity contribution in [3.05, 3.63) is 0 Å². The van der Waals surface area contributed by atoms with E-state index < -0.39 is 0 Å². The van der Waals surface area contributed by atoms with E-state index in [1.54, 1.807) is 7.41 Å². The molecule has 1 fully saturated rings. The quantitative estimate of drug-likeness (QED) is 0.525. The Morgan fingerprint density at radius 2 is 2.25 bits per heavy atom. The largest absolute Gasteiger partial charge is 0.375 e. The van der Waals surface area contributed by atoms with Crippen molar-refractivity contribution in [2.45, 2.75) is 31.3 Å². The zero-order valence-corrected chi connectivity index (χ0v) is 5.14. The first-order valence-electron chi connectivity index (χ1n) is 3.30. The second-order valence-corrected chi connectivity index (χ2v) is 2.40. The van der Waals surface area contributed by atoms with Crippen LogP contribution in [-0.4, -0.2) is 14.7 Å². The summed E-state index contributed by atoms with van der Waals surface area (Å²) in [5.41, 5.74) is 5.20. The first-order chi connectivity index (χ1) is 3.93. The lowest BCUT2D eigenvalue weighted by atomic mass is 9.48. The lowest BCUT2D eigenvalue weighted by molar-refractivity contribution is 0.499. The van der Waals surface area contributed by atoms with Gasteiger partial charge in [0.2, 0.25) is 0 Å². The minimum atomic E-state index is 0.898. The average molecular weight is 107 g/mol. The molecule has 1 saturated carbocycles. The maximum atomic E-state index is 5.20. The smallest absolute Gasteiger partial charge is 0.193 e. The number of hydrogen-bond donors (Lipinski definition) is 1. The van der Waals surface area contributed by atoms with Gasteiger partial charge in [-0.15, -0.1) is 0 Å². The molecule has 0 aromatic rings. The van der Waals surface area contributed by atoms with E-state index in [-0.39, 0.29) is 0 Å². The topological polar surface area (TPSA) is 26.0 Å². The SMILES string of the molecule is N[B]C[B]C1CCC1. The summed E-state index contributed by atoms with van der Waals surface area (Å²) in [6.07, 6.45) is 5.21. The fraction of sp³-hybridized carbons (Fsp3) is 1.00. The van der Waals surface area contributed by atoms with Crippen LogP contribution >= 0.6 is 0 Å². The molecule has 0 aliphatic heterocycles. The Morgan fingerprint density at radius 3 is 2.62 bits per heavy atom. The summed E-state index contributed by atoms with van der Waals surface area (Å²) in [6.45, 7) is 0. The van der Waals surface area contributed by atoms with Gasteiger partial charge in [0.25, 0.3) is 0 Å². The van der Waals surface area contributed by atoms with E-state index in [4.69, 9.17) is 5.64 Å². The highest BCUT2D eigenvalue weighted by Gasteiger charge is 2.16.